The summed E-state index contributed by atoms with van der Waals surface area (Å²) in [6, 6.07) is 11.6. The maximum Gasteiger partial charge on any atom is 0.422 e. The number of halogens is 4. The molecule has 0 atom stereocenters. The van der Waals surface area contributed by atoms with Crippen LogP contribution in [0, 0.1) is 5.82 Å². The topological polar surface area (TPSA) is 47.6 Å². The van der Waals surface area contributed by atoms with E-state index in [9.17, 15) is 22.4 Å². The largest absolute Gasteiger partial charge is 0.484 e. The molecule has 0 aromatic heterocycles. The van der Waals surface area contributed by atoms with E-state index in [4.69, 9.17) is 9.47 Å². The summed E-state index contributed by atoms with van der Waals surface area (Å²) in [6.07, 6.45) is -3.72. The van der Waals surface area contributed by atoms with Crippen molar-refractivity contribution in [2.45, 2.75) is 24.4 Å². The molecule has 1 amide bonds. The van der Waals surface area contributed by atoms with E-state index in [2.05, 4.69) is 5.32 Å². The number of anilines is 1. The minimum Gasteiger partial charge on any atom is -0.484 e. The number of hydrogen-bond acceptors (Lipinski definition) is 3. The summed E-state index contributed by atoms with van der Waals surface area (Å²) in [6.45, 7) is -0.730. The van der Waals surface area contributed by atoms with Crippen LogP contribution in [0.3, 0.4) is 0 Å². The van der Waals surface area contributed by atoms with Gasteiger partial charge in [-0.1, -0.05) is 18.2 Å². The lowest BCUT2D eigenvalue weighted by Gasteiger charge is -2.36. The fourth-order valence-electron chi connectivity index (χ4n) is 3.23. The molecular formula is C20H19F4NO3. The van der Waals surface area contributed by atoms with Crippen LogP contribution in [0.1, 0.15) is 18.4 Å². The zero-order valence-corrected chi connectivity index (χ0v) is 14.9. The normalized spacial score (nSPS) is 16.4. The Labute approximate surface area is 159 Å². The number of alkyl halides is 3. The average Bonchev–Trinajstić information content (AvgIpc) is 2.67. The molecule has 1 N–H and O–H groups in total. The molecule has 2 aromatic rings. The summed E-state index contributed by atoms with van der Waals surface area (Å²) in [7, 11) is 0. The summed E-state index contributed by atoms with van der Waals surface area (Å²) >= 11 is 0. The first-order chi connectivity index (χ1) is 13.3. The smallest absolute Gasteiger partial charge is 0.422 e. The van der Waals surface area contributed by atoms with Crippen LogP contribution in [0.4, 0.5) is 23.2 Å². The van der Waals surface area contributed by atoms with E-state index in [1.165, 1.54) is 30.3 Å². The molecule has 0 saturated carbocycles. The number of carbonyl (C=O) groups is 1. The van der Waals surface area contributed by atoms with Gasteiger partial charge in [0.1, 0.15) is 11.6 Å². The van der Waals surface area contributed by atoms with Crippen molar-refractivity contribution in [3.05, 3.63) is 59.9 Å². The Morgan fingerprint density at radius 2 is 1.82 bits per heavy atom. The standard InChI is InChI=1S/C20H19F4NO3/c21-15-4-1-3-14(11-15)19(7-9-27-10-8-19)18(26)25-16-5-2-6-17(12-16)28-13-20(22,23)24/h1-6,11-12H,7-10,13H2,(H,25,26). The Kier molecular flexibility index (Phi) is 5.88. The van der Waals surface area contributed by atoms with E-state index in [1.54, 1.807) is 18.2 Å². The fraction of sp³-hybridized carbons (Fsp3) is 0.350. The number of nitrogens with one attached hydrogen (secondary N) is 1. The summed E-state index contributed by atoms with van der Waals surface area (Å²) in [5.74, 6) is -0.824. The molecule has 1 fully saturated rings. The van der Waals surface area contributed by atoms with Crippen LogP contribution in [-0.2, 0) is 14.9 Å². The summed E-state index contributed by atoms with van der Waals surface area (Å²) in [4.78, 5) is 13.1. The summed E-state index contributed by atoms with van der Waals surface area (Å²) in [5.41, 5.74) is -0.145. The lowest BCUT2D eigenvalue weighted by Crippen LogP contribution is -2.44. The second kappa shape index (κ2) is 8.18. The zero-order valence-electron chi connectivity index (χ0n) is 14.9. The fourth-order valence-corrected chi connectivity index (χ4v) is 3.23. The Bertz CT molecular complexity index is 832. The van der Waals surface area contributed by atoms with Crippen LogP contribution in [0.5, 0.6) is 5.75 Å². The van der Waals surface area contributed by atoms with Gasteiger partial charge in [-0.15, -0.1) is 0 Å². The van der Waals surface area contributed by atoms with Gasteiger partial charge in [-0.3, -0.25) is 4.79 Å². The molecule has 1 heterocycles. The zero-order chi connectivity index (χ0) is 20.2. The molecule has 0 spiro atoms. The van der Waals surface area contributed by atoms with Crippen molar-refractivity contribution in [3.63, 3.8) is 0 Å². The van der Waals surface area contributed by atoms with E-state index in [0.717, 1.165) is 0 Å². The molecular weight excluding hydrogens is 378 g/mol. The molecule has 0 unspecified atom stereocenters. The van der Waals surface area contributed by atoms with E-state index >= 15 is 0 Å². The number of amides is 1. The first kappa shape index (κ1) is 20.1. The summed E-state index contributed by atoms with van der Waals surface area (Å²) in [5, 5.41) is 2.73. The third kappa shape index (κ3) is 4.81. The Balaban J connectivity index is 1.81. The van der Waals surface area contributed by atoms with Crippen molar-refractivity contribution in [1.29, 1.82) is 0 Å². The number of hydrogen-bond donors (Lipinski definition) is 1. The lowest BCUT2D eigenvalue weighted by molar-refractivity contribution is -0.153. The van der Waals surface area contributed by atoms with Crippen LogP contribution in [0.25, 0.3) is 0 Å². The molecule has 1 aliphatic heterocycles. The van der Waals surface area contributed by atoms with Crippen LogP contribution in [-0.4, -0.2) is 31.9 Å². The number of carbonyl (C=O) groups excluding carboxylic acids is 1. The van der Waals surface area contributed by atoms with Gasteiger partial charge in [-0.2, -0.15) is 13.2 Å². The van der Waals surface area contributed by atoms with Gasteiger partial charge >= 0.3 is 6.18 Å². The Hall–Kier alpha value is -2.61. The van der Waals surface area contributed by atoms with Crippen molar-refractivity contribution in [1.82, 2.24) is 0 Å². The minimum absolute atomic E-state index is 0.0121. The maximum absolute atomic E-state index is 13.7. The number of ether oxygens (including phenoxy) is 2. The first-order valence-electron chi connectivity index (χ1n) is 8.73. The lowest BCUT2D eigenvalue weighted by atomic mass is 9.73. The minimum atomic E-state index is -4.46. The van der Waals surface area contributed by atoms with Gasteiger partial charge in [-0.25, -0.2) is 4.39 Å². The van der Waals surface area contributed by atoms with Gasteiger partial charge in [0.15, 0.2) is 6.61 Å². The van der Waals surface area contributed by atoms with Crippen LogP contribution in [0.2, 0.25) is 0 Å². The molecule has 8 heteroatoms. The van der Waals surface area contributed by atoms with E-state index < -0.39 is 24.0 Å². The van der Waals surface area contributed by atoms with Gasteiger partial charge in [0, 0.05) is 25.0 Å². The molecule has 0 bridgehead atoms. The van der Waals surface area contributed by atoms with Gasteiger partial charge in [0.2, 0.25) is 5.91 Å². The van der Waals surface area contributed by atoms with E-state index in [-0.39, 0.29) is 11.7 Å². The molecule has 1 aliphatic rings. The third-order valence-electron chi connectivity index (χ3n) is 4.65. The highest BCUT2D eigenvalue weighted by atomic mass is 19.4. The van der Waals surface area contributed by atoms with Gasteiger partial charge in [0.05, 0.1) is 5.41 Å². The highest BCUT2D eigenvalue weighted by molar-refractivity contribution is 5.99. The monoisotopic (exact) mass is 397 g/mol. The third-order valence-corrected chi connectivity index (χ3v) is 4.65. The van der Waals surface area contributed by atoms with Crippen LogP contribution < -0.4 is 10.1 Å². The highest BCUT2D eigenvalue weighted by Gasteiger charge is 2.42. The van der Waals surface area contributed by atoms with Gasteiger partial charge in [-0.05, 0) is 42.7 Å². The molecule has 0 radical (unpaired) electrons. The van der Waals surface area contributed by atoms with Crippen molar-refractivity contribution in [2.24, 2.45) is 0 Å². The van der Waals surface area contributed by atoms with E-state index in [0.29, 0.717) is 37.3 Å². The molecule has 0 aliphatic carbocycles. The Morgan fingerprint density at radius 1 is 1.11 bits per heavy atom. The molecule has 4 nitrogen and oxygen atoms in total. The Morgan fingerprint density at radius 3 is 2.50 bits per heavy atom. The van der Waals surface area contributed by atoms with Crippen molar-refractivity contribution in [2.75, 3.05) is 25.1 Å². The first-order valence-corrected chi connectivity index (χ1v) is 8.73. The van der Waals surface area contributed by atoms with E-state index in [1.807, 2.05) is 0 Å². The number of rotatable bonds is 5. The molecule has 2 aromatic carbocycles. The van der Waals surface area contributed by atoms with Gasteiger partial charge in [0.25, 0.3) is 0 Å². The summed E-state index contributed by atoms with van der Waals surface area (Å²) < 4.78 is 60.8. The second-order valence-corrected chi connectivity index (χ2v) is 6.59. The van der Waals surface area contributed by atoms with Crippen LogP contribution in [0.15, 0.2) is 48.5 Å². The average molecular weight is 397 g/mol. The van der Waals surface area contributed by atoms with Crippen LogP contribution >= 0.6 is 0 Å². The van der Waals surface area contributed by atoms with Crippen molar-refractivity contribution >= 4 is 11.6 Å². The highest BCUT2D eigenvalue weighted by Crippen LogP contribution is 2.36. The molecule has 3 rings (SSSR count). The van der Waals surface area contributed by atoms with Crippen molar-refractivity contribution in [3.8, 4) is 5.75 Å². The quantitative estimate of drug-likeness (QED) is 0.759. The molecule has 28 heavy (non-hydrogen) atoms. The second-order valence-electron chi connectivity index (χ2n) is 6.59. The van der Waals surface area contributed by atoms with Crippen molar-refractivity contribution < 1.29 is 31.8 Å². The predicted molar refractivity (Wildman–Crippen MR) is 94.8 cm³/mol. The number of benzene rings is 2. The SMILES string of the molecule is O=C(Nc1cccc(OCC(F)(F)F)c1)C1(c2cccc(F)c2)CCOCC1. The van der Waals surface area contributed by atoms with Gasteiger partial charge < -0.3 is 14.8 Å². The maximum atomic E-state index is 13.7. The molecule has 1 saturated heterocycles. The predicted octanol–water partition coefficient (Wildman–Crippen LogP) is 4.45. The molecule has 150 valence electrons.